The van der Waals surface area contributed by atoms with Gasteiger partial charge in [0.05, 0.1) is 57.8 Å². The predicted octanol–water partition coefficient (Wildman–Crippen LogP) is 5.52. The first-order chi connectivity index (χ1) is 19.1. The van der Waals surface area contributed by atoms with Gasteiger partial charge in [0.2, 0.25) is 0 Å². The van der Waals surface area contributed by atoms with E-state index >= 15 is 0 Å². The summed E-state index contributed by atoms with van der Waals surface area (Å²) in [7, 11) is 2.80. The maximum Gasteiger partial charge on any atom is 0.336 e. The number of hydrogen-bond acceptors (Lipinski definition) is 11. The highest BCUT2D eigenvalue weighted by molar-refractivity contribution is 5.90. The monoisotopic (exact) mass is 697 g/mol. The molecule has 3 aromatic carbocycles. The number of benzene rings is 3. The van der Waals surface area contributed by atoms with Crippen molar-refractivity contribution in [1.82, 2.24) is 0 Å². The minimum atomic E-state index is -1.46. The second-order valence-electron chi connectivity index (χ2n) is 7.41. The lowest BCUT2D eigenvalue weighted by atomic mass is 10.2. The Morgan fingerprint density at radius 3 is 1.15 bits per heavy atom. The first-order valence-corrected chi connectivity index (χ1v) is 10.6. The van der Waals surface area contributed by atoms with Crippen molar-refractivity contribution in [2.45, 2.75) is 22.3 Å². The molecule has 256 valence electrons. The molecule has 3 aromatic rings. The Kier molecular flexibility index (Phi) is 24.9. The molecule has 46 heavy (non-hydrogen) atoms. The van der Waals surface area contributed by atoms with Gasteiger partial charge in [0.25, 0.3) is 17.1 Å². The third-order valence-electron chi connectivity index (χ3n) is 4.60. The van der Waals surface area contributed by atoms with Crippen LogP contribution in [0.4, 0.5) is 22.7 Å². The maximum absolute atomic E-state index is 10.6. The highest BCUT2D eigenvalue weighted by Gasteiger charge is 2.19. The van der Waals surface area contributed by atoms with Crippen molar-refractivity contribution in [3.63, 3.8) is 0 Å². The number of halogens is 2. The van der Waals surface area contributed by atoms with Crippen molar-refractivity contribution in [2.24, 2.45) is 0 Å². The number of rotatable bonds is 8. The molecule has 0 fully saturated rings. The molecule has 0 radical (unpaired) electrons. The zero-order chi connectivity index (χ0) is 31.4. The summed E-state index contributed by atoms with van der Waals surface area (Å²) in [6, 6.07) is 10.2. The summed E-state index contributed by atoms with van der Waals surface area (Å²) in [6.07, 6.45) is 0. The number of nitrogens with zero attached hydrogens (tertiary/aromatic N) is 3. The van der Waals surface area contributed by atoms with Gasteiger partial charge in [0, 0.05) is 30.3 Å². The molecule has 0 unspecified atom stereocenters. The average molecular weight is 698 g/mol. The normalized spacial score (nSPS) is 8.50. The van der Waals surface area contributed by atoms with E-state index in [4.69, 9.17) is 24.8 Å². The first-order valence-electron chi connectivity index (χ1n) is 10.6. The van der Waals surface area contributed by atoms with E-state index in [0.717, 1.165) is 24.3 Å². The molecule has 18 nitrogen and oxygen atoms in total. The van der Waals surface area contributed by atoms with E-state index in [2.05, 4.69) is 5.73 Å². The van der Waals surface area contributed by atoms with E-state index < -0.39 is 49.6 Å². The second kappa shape index (κ2) is 22.9. The number of aromatic carboxylic acids is 3. The molecule has 0 amide bonds. The van der Waals surface area contributed by atoms with Gasteiger partial charge in [-0.2, -0.15) is 0 Å². The van der Waals surface area contributed by atoms with Crippen LogP contribution in [0.5, 0.6) is 11.5 Å². The Hall–Kier alpha value is -5.59. The molecule has 0 aromatic heterocycles. The summed E-state index contributed by atoms with van der Waals surface area (Å²) in [6.45, 7) is 0. The number of nitro groups is 3. The van der Waals surface area contributed by atoms with E-state index in [-0.39, 0.29) is 69.7 Å². The van der Waals surface area contributed by atoms with Gasteiger partial charge in [-0.25, -0.2) is 14.4 Å². The van der Waals surface area contributed by atoms with Crippen LogP contribution < -0.4 is 15.2 Å². The van der Waals surface area contributed by atoms with Gasteiger partial charge in [-0.3, -0.25) is 30.3 Å². The number of nitro benzene ring substituents is 3. The van der Waals surface area contributed by atoms with Gasteiger partial charge >= 0.3 is 17.9 Å². The number of carboxylic acids is 3. The zero-order valence-corrected chi connectivity index (χ0v) is 23.5. The number of hydrogen-bond donors (Lipinski definition) is 4. The third-order valence-corrected chi connectivity index (χ3v) is 4.60. The molecule has 0 saturated heterocycles. The van der Waals surface area contributed by atoms with Gasteiger partial charge in [-0.1, -0.05) is 22.3 Å². The molecule has 20 heteroatoms. The van der Waals surface area contributed by atoms with Gasteiger partial charge in [0.1, 0.15) is 17.2 Å². The Morgan fingerprint density at radius 2 is 0.848 bits per heavy atom. The molecule has 0 heterocycles. The Bertz CT molecular complexity index is 1410. The van der Waals surface area contributed by atoms with Crippen LogP contribution in [0, 0.1) is 30.3 Å². The molecule has 0 atom stereocenters. The van der Waals surface area contributed by atoms with Crippen LogP contribution in [0.1, 0.15) is 53.4 Å². The molecule has 0 spiro atoms. The quantitative estimate of drug-likeness (QED) is 0.166. The van der Waals surface area contributed by atoms with E-state index in [1.165, 1.54) is 32.4 Å². The predicted molar refractivity (Wildman–Crippen MR) is 171 cm³/mol. The summed E-state index contributed by atoms with van der Waals surface area (Å²) in [5, 5.41) is 56.9. The van der Waals surface area contributed by atoms with E-state index in [9.17, 15) is 44.7 Å². The third kappa shape index (κ3) is 15.8. The number of methoxy groups -OCH3 is 2. The molecular weight excluding hydrogens is 663 g/mol. The molecule has 3 rings (SSSR count). The van der Waals surface area contributed by atoms with Crippen molar-refractivity contribution < 1.29 is 59.7 Å². The standard InChI is InChI=1S/C8H7NO5.C8H9NO3.C7H4N2O6.3CH4.2ClH/c1-14-7-3-5(8(10)11)2-6(4-7)9(12)13;1-12-7-3-5(8(10)11)2-6(9)4-7;10-7(11)4-1-5(8(12)13)3-6(2-4)9(14)15;;;;;/h2-4H,1H3,(H,10,11);2-4H,9H2,1H3,(H,10,11);1-3H,(H,10,11);3*1H4;2*1H/p+1. The molecule has 0 bridgehead atoms. The van der Waals surface area contributed by atoms with Crippen LogP contribution in [0.25, 0.3) is 0 Å². The van der Waals surface area contributed by atoms with E-state index in [1.54, 1.807) is 6.07 Å². The molecule has 6 N–H and O–H groups in total. The first kappa shape index (κ1) is 50.1. The number of carboxylic acid groups (broad SMARTS) is 3. The Morgan fingerprint density at radius 1 is 0.565 bits per heavy atom. The molecule has 0 aliphatic heterocycles. The minimum Gasteiger partial charge on any atom is -0.497 e. The zero-order valence-electron chi connectivity index (χ0n) is 21.9. The van der Waals surface area contributed by atoms with Crippen LogP contribution in [0.2, 0.25) is 0 Å². The summed E-state index contributed by atoms with van der Waals surface area (Å²) < 4.78 is 9.61. The fourth-order valence-corrected chi connectivity index (χ4v) is 2.76. The maximum atomic E-state index is 10.6. The molecular formula is C26H35Cl2N4O14+. The lowest BCUT2D eigenvalue weighted by Crippen LogP contribution is -2.40. The van der Waals surface area contributed by atoms with Gasteiger partial charge < -0.3 is 30.5 Å². The van der Waals surface area contributed by atoms with Crippen LogP contribution in [0.3, 0.4) is 0 Å². The Labute approximate surface area is 274 Å². The molecule has 0 aliphatic rings. The summed E-state index contributed by atoms with van der Waals surface area (Å²) >= 11 is 0. The van der Waals surface area contributed by atoms with Crippen LogP contribution >= 0.6 is 24.8 Å². The average Bonchev–Trinajstić information content (AvgIpc) is 2.92. The Balaban J connectivity index is -0.000000174. The fraction of sp³-hybridized carbons (Fsp3) is 0.192. The molecule has 0 aliphatic carbocycles. The number of quaternary nitrogens is 1. The second-order valence-corrected chi connectivity index (χ2v) is 7.41. The van der Waals surface area contributed by atoms with Crippen molar-refractivity contribution in [2.75, 3.05) is 14.2 Å². The summed E-state index contributed by atoms with van der Waals surface area (Å²) in [5.74, 6) is -3.00. The summed E-state index contributed by atoms with van der Waals surface area (Å²) in [5.41, 5.74) is 2.24. The fourth-order valence-electron chi connectivity index (χ4n) is 2.76. The van der Waals surface area contributed by atoms with Crippen molar-refractivity contribution in [3.05, 3.63) is 102 Å². The topological polar surface area (TPSA) is 287 Å². The lowest BCUT2D eigenvalue weighted by molar-refractivity contribution is -0.394. The van der Waals surface area contributed by atoms with E-state index in [1.807, 2.05) is 0 Å². The van der Waals surface area contributed by atoms with Crippen molar-refractivity contribution in [3.8, 4) is 11.5 Å². The number of non-ortho nitro benzene ring substituents is 3. The lowest BCUT2D eigenvalue weighted by Gasteiger charge is -2.01. The highest BCUT2D eigenvalue weighted by Crippen LogP contribution is 2.23. The van der Waals surface area contributed by atoms with Crippen LogP contribution in [-0.4, -0.2) is 62.2 Å². The summed E-state index contributed by atoms with van der Waals surface area (Å²) in [4.78, 5) is 60.2. The van der Waals surface area contributed by atoms with Gasteiger partial charge in [-0.15, -0.1) is 24.8 Å². The smallest absolute Gasteiger partial charge is 0.336 e. The molecule has 0 saturated carbocycles. The van der Waals surface area contributed by atoms with Crippen molar-refractivity contribution >= 4 is 65.5 Å². The highest BCUT2D eigenvalue weighted by atomic mass is 35.5. The minimum absolute atomic E-state index is 0. The number of carbonyl (C=O) groups is 3. The largest absolute Gasteiger partial charge is 0.497 e. The number of ether oxygens (including phenoxy) is 2. The van der Waals surface area contributed by atoms with Crippen LogP contribution in [0.15, 0.2) is 54.6 Å². The van der Waals surface area contributed by atoms with Gasteiger partial charge in [-0.05, 0) is 12.1 Å². The van der Waals surface area contributed by atoms with Gasteiger partial charge in [0.15, 0.2) is 0 Å². The van der Waals surface area contributed by atoms with Crippen LogP contribution in [-0.2, 0) is 0 Å². The SMILES string of the molecule is C.C.C.COc1cc(C(=O)O)cc([N+](=O)[O-])c1.COc1cc([NH3+])cc(C(=O)O)c1.Cl.Cl.O=C(O)c1cc([N+](=O)[O-])cc([N+](=O)[O-])c1. The van der Waals surface area contributed by atoms with E-state index in [0.29, 0.717) is 17.5 Å². The van der Waals surface area contributed by atoms with Crippen molar-refractivity contribution in [1.29, 1.82) is 0 Å².